The van der Waals surface area contributed by atoms with E-state index in [0.717, 1.165) is 19.4 Å². The fraction of sp³-hybridized carbons (Fsp3) is 0.417. The zero-order chi connectivity index (χ0) is 14.0. The van der Waals surface area contributed by atoms with E-state index in [2.05, 4.69) is 5.32 Å². The molecular weight excluding hydrogens is 288 g/mol. The van der Waals surface area contributed by atoms with Crippen molar-refractivity contribution in [3.05, 3.63) is 23.8 Å². The van der Waals surface area contributed by atoms with Crippen LogP contribution < -0.4 is 5.32 Å². The van der Waals surface area contributed by atoms with Crippen molar-refractivity contribution >= 4 is 34.5 Å². The summed E-state index contributed by atoms with van der Waals surface area (Å²) in [5.41, 5.74) is 1.21. The van der Waals surface area contributed by atoms with Gasteiger partial charge >= 0.3 is 0 Å². The van der Waals surface area contributed by atoms with Gasteiger partial charge in [0, 0.05) is 24.1 Å². The molecule has 0 saturated carbocycles. The van der Waals surface area contributed by atoms with Gasteiger partial charge in [0.05, 0.1) is 6.04 Å². The first-order chi connectivity index (χ1) is 8.99. The quantitative estimate of drug-likeness (QED) is 0.686. The van der Waals surface area contributed by atoms with E-state index in [1.165, 1.54) is 13.0 Å². The van der Waals surface area contributed by atoms with Gasteiger partial charge in [0.15, 0.2) is 0 Å². The lowest BCUT2D eigenvalue weighted by Crippen LogP contribution is -2.15. The molecular formula is C12H14ClN2O3S-. The third kappa shape index (κ3) is 3.33. The minimum Gasteiger partial charge on any atom is -0.768 e. The number of amides is 1. The minimum atomic E-state index is -2.32. The predicted molar refractivity (Wildman–Crippen MR) is 72.5 cm³/mol. The third-order valence-electron chi connectivity index (χ3n) is 3.06. The molecule has 1 heterocycles. The molecule has 5 nitrogen and oxygen atoms in total. The first-order valence-electron chi connectivity index (χ1n) is 5.92. The molecule has 0 radical (unpaired) electrons. The average Bonchev–Trinajstić information content (AvgIpc) is 2.74. The third-order valence-corrected chi connectivity index (χ3v) is 4.19. The average molecular weight is 302 g/mol. The molecule has 1 fully saturated rings. The standard InChI is InChI=1S/C12H15ClN2O3S/c1-8(16)14-9-4-5-12(19(17)18)10(7-9)11-3-2-6-15(11)13/h4-5,7,11H,2-3,6H2,1H3,(H,14,16)(H,17,18)/p-1/t11-/m1/s1. The zero-order valence-corrected chi connectivity index (χ0v) is 12.0. The number of carbonyl (C=O) groups excluding carboxylic acids is 1. The van der Waals surface area contributed by atoms with Crippen molar-refractivity contribution in [1.82, 2.24) is 4.42 Å². The molecule has 1 saturated heterocycles. The first kappa shape index (κ1) is 14.5. The summed E-state index contributed by atoms with van der Waals surface area (Å²) in [5, 5.41) is 2.65. The highest BCUT2D eigenvalue weighted by atomic mass is 35.5. The van der Waals surface area contributed by atoms with Crippen molar-refractivity contribution in [1.29, 1.82) is 0 Å². The van der Waals surface area contributed by atoms with Crippen LogP contribution in [0, 0.1) is 0 Å². The number of halogens is 1. The van der Waals surface area contributed by atoms with Crippen molar-refractivity contribution in [3.63, 3.8) is 0 Å². The van der Waals surface area contributed by atoms with Gasteiger partial charge in [-0.2, -0.15) is 0 Å². The van der Waals surface area contributed by atoms with Gasteiger partial charge in [0.25, 0.3) is 0 Å². The lowest BCUT2D eigenvalue weighted by molar-refractivity contribution is -0.114. The number of nitrogens with one attached hydrogen (secondary N) is 1. The molecule has 1 amide bonds. The molecule has 0 spiro atoms. The van der Waals surface area contributed by atoms with E-state index in [0.29, 0.717) is 11.3 Å². The second-order valence-corrected chi connectivity index (χ2v) is 5.79. The van der Waals surface area contributed by atoms with E-state index in [9.17, 15) is 13.6 Å². The molecule has 19 heavy (non-hydrogen) atoms. The Bertz CT molecular complexity index is 524. The maximum absolute atomic E-state index is 11.3. The molecule has 1 aromatic carbocycles. The number of hydrogen-bond acceptors (Lipinski definition) is 4. The molecule has 2 atom stereocenters. The molecule has 1 aliphatic heterocycles. The zero-order valence-electron chi connectivity index (χ0n) is 10.4. The number of nitrogens with zero attached hydrogens (tertiary/aromatic N) is 1. The van der Waals surface area contributed by atoms with Crippen LogP contribution in [0.15, 0.2) is 23.1 Å². The molecule has 104 valence electrons. The van der Waals surface area contributed by atoms with Crippen molar-refractivity contribution in [2.24, 2.45) is 0 Å². The van der Waals surface area contributed by atoms with Crippen LogP contribution in [-0.2, 0) is 15.9 Å². The SMILES string of the molecule is CC(=O)Nc1ccc(S(=O)[O-])c([C@H]2CCCN2Cl)c1. The largest absolute Gasteiger partial charge is 0.768 e. The van der Waals surface area contributed by atoms with Gasteiger partial charge < -0.3 is 9.87 Å². The van der Waals surface area contributed by atoms with Crippen LogP contribution >= 0.6 is 11.8 Å². The van der Waals surface area contributed by atoms with E-state index in [-0.39, 0.29) is 16.8 Å². The van der Waals surface area contributed by atoms with Crippen LogP contribution in [0.2, 0.25) is 0 Å². The van der Waals surface area contributed by atoms with Crippen molar-refractivity contribution < 1.29 is 13.6 Å². The summed E-state index contributed by atoms with van der Waals surface area (Å²) < 4.78 is 24.2. The van der Waals surface area contributed by atoms with Gasteiger partial charge in [0.2, 0.25) is 5.91 Å². The smallest absolute Gasteiger partial charge is 0.221 e. The molecule has 0 aliphatic carbocycles. The number of carbonyl (C=O) groups is 1. The lowest BCUT2D eigenvalue weighted by atomic mass is 10.0. The van der Waals surface area contributed by atoms with E-state index in [1.54, 1.807) is 16.6 Å². The summed E-state index contributed by atoms with van der Waals surface area (Å²) in [6.45, 7) is 2.13. The van der Waals surface area contributed by atoms with Gasteiger partial charge in [-0.3, -0.25) is 9.00 Å². The van der Waals surface area contributed by atoms with Gasteiger partial charge in [-0.25, -0.2) is 4.42 Å². The van der Waals surface area contributed by atoms with Crippen LogP contribution in [0.5, 0.6) is 0 Å². The van der Waals surface area contributed by atoms with Gasteiger partial charge in [-0.05, 0) is 59.5 Å². The summed E-state index contributed by atoms with van der Waals surface area (Å²) in [5.74, 6) is -0.198. The highest BCUT2D eigenvalue weighted by Crippen LogP contribution is 2.37. The number of rotatable bonds is 3. The van der Waals surface area contributed by atoms with E-state index in [4.69, 9.17) is 11.8 Å². The molecule has 1 aliphatic rings. The van der Waals surface area contributed by atoms with Crippen LogP contribution in [0.3, 0.4) is 0 Å². The van der Waals surface area contributed by atoms with E-state index >= 15 is 0 Å². The predicted octanol–water partition coefficient (Wildman–Crippen LogP) is 2.17. The second-order valence-electron chi connectivity index (χ2n) is 4.45. The number of anilines is 1. The highest BCUT2D eigenvalue weighted by Gasteiger charge is 2.27. The molecule has 1 unspecified atom stereocenters. The van der Waals surface area contributed by atoms with Crippen molar-refractivity contribution in [2.45, 2.75) is 30.7 Å². The molecule has 2 rings (SSSR count). The van der Waals surface area contributed by atoms with E-state index < -0.39 is 11.1 Å². The molecule has 1 N–H and O–H groups in total. The Labute approximate surface area is 119 Å². The topological polar surface area (TPSA) is 72.5 Å². The number of benzene rings is 1. The molecule has 0 bridgehead atoms. The van der Waals surface area contributed by atoms with Crippen LogP contribution in [0.25, 0.3) is 0 Å². The van der Waals surface area contributed by atoms with Gasteiger partial charge in [0.1, 0.15) is 0 Å². The summed E-state index contributed by atoms with van der Waals surface area (Å²) >= 11 is 3.77. The lowest BCUT2D eigenvalue weighted by Gasteiger charge is -2.22. The Morgan fingerprint density at radius 2 is 2.32 bits per heavy atom. The maximum Gasteiger partial charge on any atom is 0.221 e. The van der Waals surface area contributed by atoms with Crippen LogP contribution in [0.4, 0.5) is 5.69 Å². The first-order valence-corrected chi connectivity index (χ1v) is 7.33. The molecule has 1 aromatic rings. The highest BCUT2D eigenvalue weighted by molar-refractivity contribution is 7.79. The summed E-state index contributed by atoms with van der Waals surface area (Å²) in [6.07, 6.45) is 1.72. The second kappa shape index (κ2) is 6.00. The monoisotopic (exact) mass is 301 g/mol. The van der Waals surface area contributed by atoms with E-state index in [1.807, 2.05) is 0 Å². The Hall–Kier alpha value is -0.950. The summed E-state index contributed by atoms with van der Waals surface area (Å²) in [4.78, 5) is 11.3. The van der Waals surface area contributed by atoms with Crippen LogP contribution in [0.1, 0.15) is 31.4 Å². The Balaban J connectivity index is 2.41. The maximum atomic E-state index is 11.3. The molecule has 0 aromatic heterocycles. The molecule has 7 heteroatoms. The van der Waals surface area contributed by atoms with Crippen LogP contribution in [-0.4, -0.2) is 25.6 Å². The Morgan fingerprint density at radius 1 is 1.58 bits per heavy atom. The fourth-order valence-electron chi connectivity index (χ4n) is 2.28. The number of hydrogen-bond donors (Lipinski definition) is 1. The Kier molecular flexibility index (Phi) is 4.57. The minimum absolute atomic E-state index is 0.136. The van der Waals surface area contributed by atoms with Crippen molar-refractivity contribution in [2.75, 3.05) is 11.9 Å². The fourth-order valence-corrected chi connectivity index (χ4v) is 3.17. The Morgan fingerprint density at radius 3 is 2.84 bits per heavy atom. The van der Waals surface area contributed by atoms with Gasteiger partial charge in [-0.15, -0.1) is 0 Å². The van der Waals surface area contributed by atoms with Crippen molar-refractivity contribution in [3.8, 4) is 0 Å². The summed E-state index contributed by atoms with van der Waals surface area (Å²) in [6, 6.07) is 4.61. The summed E-state index contributed by atoms with van der Waals surface area (Å²) in [7, 11) is 0. The normalized spacial score (nSPS) is 21.3. The van der Waals surface area contributed by atoms with Gasteiger partial charge in [-0.1, -0.05) is 0 Å².